The number of hydrogen-bond acceptors (Lipinski definition) is 4. The zero-order chi connectivity index (χ0) is 15.3. The second kappa shape index (κ2) is 6.98. The molecule has 1 heterocycles. The Hall–Kier alpha value is -1.98. The first kappa shape index (κ1) is 16.1. The van der Waals surface area contributed by atoms with Gasteiger partial charge in [-0.25, -0.2) is 4.79 Å². The van der Waals surface area contributed by atoms with Crippen LogP contribution in [-0.2, 0) is 11.2 Å². The van der Waals surface area contributed by atoms with Crippen LogP contribution in [0.5, 0.6) is 0 Å². The Labute approximate surface area is 118 Å². The summed E-state index contributed by atoms with van der Waals surface area (Å²) in [6.07, 6.45) is 1.24. The molecule has 0 spiro atoms. The minimum atomic E-state index is -1.02. The fraction of sp³-hybridized carbons (Fsp3) is 0.571. The molecule has 0 aromatic carbocycles. The molecule has 0 saturated carbocycles. The molecule has 2 unspecified atom stereocenters. The van der Waals surface area contributed by atoms with Crippen LogP contribution in [0.2, 0.25) is 0 Å². The minimum Gasteiger partial charge on any atom is -0.480 e. The average molecular weight is 279 g/mol. The second-order valence-corrected chi connectivity index (χ2v) is 4.87. The van der Waals surface area contributed by atoms with E-state index in [0.717, 1.165) is 0 Å². The Bertz CT molecular complexity index is 502. The summed E-state index contributed by atoms with van der Waals surface area (Å²) in [6.45, 7) is 7.31. The van der Waals surface area contributed by atoms with Gasteiger partial charge in [0.25, 0.3) is 5.91 Å². The number of aryl methyl sites for hydroxylation is 2. The van der Waals surface area contributed by atoms with E-state index in [1.165, 1.54) is 0 Å². The lowest BCUT2D eigenvalue weighted by Gasteiger charge is -2.20. The fourth-order valence-corrected chi connectivity index (χ4v) is 1.87. The van der Waals surface area contributed by atoms with Crippen LogP contribution in [0.25, 0.3) is 0 Å². The van der Waals surface area contributed by atoms with Crippen LogP contribution >= 0.6 is 0 Å². The maximum absolute atomic E-state index is 12.3. The lowest BCUT2D eigenvalue weighted by Crippen LogP contribution is -2.45. The van der Waals surface area contributed by atoms with Gasteiger partial charge in [0, 0.05) is 0 Å². The number of nitrogens with zero attached hydrogens (tertiary/aromatic N) is 2. The molecular formula is C14H21N3O3. The summed E-state index contributed by atoms with van der Waals surface area (Å²) in [6, 6.07) is 0.738. The molecule has 0 aliphatic carbocycles. The third kappa shape index (κ3) is 3.76. The van der Waals surface area contributed by atoms with Crippen LogP contribution in [0.3, 0.4) is 0 Å². The fourth-order valence-electron chi connectivity index (χ4n) is 1.87. The SMILES string of the molecule is CCc1nnc(C)cc1C(=O)NC(C(=O)O)C(C)CC. The first-order valence-electron chi connectivity index (χ1n) is 6.77. The number of carbonyl (C=O) groups excluding carboxylic acids is 1. The number of nitrogens with one attached hydrogen (secondary N) is 1. The maximum atomic E-state index is 12.3. The molecule has 0 aliphatic rings. The van der Waals surface area contributed by atoms with E-state index in [2.05, 4.69) is 15.5 Å². The highest BCUT2D eigenvalue weighted by molar-refractivity contribution is 5.97. The van der Waals surface area contributed by atoms with E-state index in [1.807, 2.05) is 13.8 Å². The highest BCUT2D eigenvalue weighted by Gasteiger charge is 2.26. The maximum Gasteiger partial charge on any atom is 0.326 e. The van der Waals surface area contributed by atoms with Crippen LogP contribution in [0.15, 0.2) is 6.07 Å². The Morgan fingerprint density at radius 1 is 1.35 bits per heavy atom. The van der Waals surface area contributed by atoms with E-state index >= 15 is 0 Å². The molecule has 2 N–H and O–H groups in total. The molecule has 0 fully saturated rings. The van der Waals surface area contributed by atoms with Crippen LogP contribution < -0.4 is 5.32 Å². The first-order chi connectivity index (χ1) is 9.40. The molecule has 6 heteroatoms. The summed E-state index contributed by atoms with van der Waals surface area (Å²) in [5.74, 6) is -1.57. The quantitative estimate of drug-likeness (QED) is 0.824. The summed E-state index contributed by atoms with van der Waals surface area (Å²) in [4.78, 5) is 23.5. The van der Waals surface area contributed by atoms with Crippen molar-refractivity contribution in [1.29, 1.82) is 0 Å². The summed E-state index contributed by atoms with van der Waals surface area (Å²) in [5, 5.41) is 19.7. The highest BCUT2D eigenvalue weighted by atomic mass is 16.4. The van der Waals surface area contributed by atoms with Crippen molar-refractivity contribution in [3.05, 3.63) is 23.0 Å². The van der Waals surface area contributed by atoms with Gasteiger partial charge in [-0.05, 0) is 25.3 Å². The largest absolute Gasteiger partial charge is 0.480 e. The summed E-state index contributed by atoms with van der Waals surface area (Å²) < 4.78 is 0. The minimum absolute atomic E-state index is 0.141. The number of carboxylic acid groups (broad SMARTS) is 1. The van der Waals surface area contributed by atoms with Gasteiger partial charge in [-0.3, -0.25) is 4.79 Å². The lowest BCUT2D eigenvalue weighted by molar-refractivity contribution is -0.140. The molecule has 2 atom stereocenters. The van der Waals surface area contributed by atoms with E-state index in [1.54, 1.807) is 19.9 Å². The van der Waals surface area contributed by atoms with Crippen LogP contribution in [0.1, 0.15) is 48.9 Å². The number of aliphatic carboxylic acids is 1. The van der Waals surface area contributed by atoms with Gasteiger partial charge in [0.15, 0.2) is 0 Å². The average Bonchev–Trinajstić information content (AvgIpc) is 2.43. The molecule has 1 aromatic rings. The molecule has 0 saturated heterocycles. The molecule has 1 rings (SSSR count). The van der Waals surface area contributed by atoms with Gasteiger partial charge in [-0.2, -0.15) is 10.2 Å². The molecule has 110 valence electrons. The van der Waals surface area contributed by atoms with Crippen LogP contribution in [0.4, 0.5) is 0 Å². The van der Waals surface area contributed by atoms with Crippen molar-refractivity contribution < 1.29 is 14.7 Å². The zero-order valence-corrected chi connectivity index (χ0v) is 12.3. The van der Waals surface area contributed by atoms with Crippen molar-refractivity contribution in [1.82, 2.24) is 15.5 Å². The van der Waals surface area contributed by atoms with Crippen molar-refractivity contribution in [2.24, 2.45) is 5.92 Å². The zero-order valence-electron chi connectivity index (χ0n) is 12.3. The standard InChI is InChI=1S/C14H21N3O3/c1-5-8(3)12(14(19)20)15-13(18)10-7-9(4)16-17-11(10)6-2/h7-8,12H,5-6H2,1-4H3,(H,15,18)(H,19,20). The van der Waals surface area contributed by atoms with Gasteiger partial charge in [0.05, 0.1) is 17.0 Å². The summed E-state index contributed by atoms with van der Waals surface area (Å²) in [7, 11) is 0. The normalized spacial score (nSPS) is 13.6. The smallest absolute Gasteiger partial charge is 0.326 e. The number of carboxylic acids is 1. The van der Waals surface area contributed by atoms with E-state index in [0.29, 0.717) is 29.8 Å². The molecule has 6 nitrogen and oxygen atoms in total. The molecule has 1 aromatic heterocycles. The Balaban J connectivity index is 3.00. The van der Waals surface area contributed by atoms with Gasteiger partial charge in [0.2, 0.25) is 0 Å². The Morgan fingerprint density at radius 3 is 2.50 bits per heavy atom. The van der Waals surface area contributed by atoms with Crippen molar-refractivity contribution >= 4 is 11.9 Å². The monoisotopic (exact) mass is 279 g/mol. The number of carbonyl (C=O) groups is 2. The Morgan fingerprint density at radius 2 is 2.00 bits per heavy atom. The van der Waals surface area contributed by atoms with Crippen molar-refractivity contribution in [3.63, 3.8) is 0 Å². The van der Waals surface area contributed by atoms with Gasteiger partial charge >= 0.3 is 5.97 Å². The van der Waals surface area contributed by atoms with Crippen molar-refractivity contribution in [3.8, 4) is 0 Å². The van der Waals surface area contributed by atoms with Crippen LogP contribution in [-0.4, -0.2) is 33.2 Å². The molecule has 0 aliphatic heterocycles. The summed E-state index contributed by atoms with van der Waals surface area (Å²) in [5.41, 5.74) is 1.60. The number of amides is 1. The second-order valence-electron chi connectivity index (χ2n) is 4.87. The Kier molecular flexibility index (Phi) is 5.61. The van der Waals surface area contributed by atoms with E-state index in [4.69, 9.17) is 0 Å². The van der Waals surface area contributed by atoms with Gasteiger partial charge in [-0.1, -0.05) is 27.2 Å². The van der Waals surface area contributed by atoms with Gasteiger partial charge in [0.1, 0.15) is 6.04 Å². The van der Waals surface area contributed by atoms with Crippen LogP contribution in [0, 0.1) is 12.8 Å². The number of rotatable bonds is 6. The highest BCUT2D eigenvalue weighted by Crippen LogP contribution is 2.12. The van der Waals surface area contributed by atoms with Crippen molar-refractivity contribution in [2.75, 3.05) is 0 Å². The van der Waals surface area contributed by atoms with Crippen molar-refractivity contribution in [2.45, 2.75) is 46.6 Å². The predicted octanol–water partition coefficient (Wildman–Crippen LogP) is 1.58. The third-order valence-electron chi connectivity index (χ3n) is 3.34. The summed E-state index contributed by atoms with van der Waals surface area (Å²) >= 11 is 0. The molecule has 0 radical (unpaired) electrons. The molecule has 20 heavy (non-hydrogen) atoms. The third-order valence-corrected chi connectivity index (χ3v) is 3.34. The lowest BCUT2D eigenvalue weighted by atomic mass is 9.98. The molecule has 0 bridgehead atoms. The van der Waals surface area contributed by atoms with E-state index in [9.17, 15) is 14.7 Å². The topological polar surface area (TPSA) is 92.2 Å². The van der Waals surface area contributed by atoms with E-state index < -0.39 is 17.9 Å². The number of aromatic nitrogens is 2. The van der Waals surface area contributed by atoms with Gasteiger partial charge in [-0.15, -0.1) is 0 Å². The molecule has 1 amide bonds. The molecular weight excluding hydrogens is 258 g/mol. The number of hydrogen-bond donors (Lipinski definition) is 2. The van der Waals surface area contributed by atoms with E-state index in [-0.39, 0.29) is 5.92 Å². The van der Waals surface area contributed by atoms with Gasteiger partial charge < -0.3 is 10.4 Å². The predicted molar refractivity (Wildman–Crippen MR) is 74.5 cm³/mol. The first-order valence-corrected chi connectivity index (χ1v) is 6.77.